The van der Waals surface area contributed by atoms with Crippen LogP contribution in [-0.2, 0) is 6.54 Å². The van der Waals surface area contributed by atoms with Crippen molar-refractivity contribution in [3.8, 4) is 0 Å². The minimum atomic E-state index is -0.453. The molecule has 4 heteroatoms. The third-order valence-electron chi connectivity index (χ3n) is 4.18. The van der Waals surface area contributed by atoms with E-state index in [9.17, 15) is 8.78 Å². The summed E-state index contributed by atoms with van der Waals surface area (Å²) in [6, 6.07) is 3.17. The van der Waals surface area contributed by atoms with Crippen LogP contribution in [0.15, 0.2) is 12.1 Å². The molecule has 1 aromatic rings. The SMILES string of the molecule is CC(C)CNCc1cc(F)c(N(C)C2CCCC2)c(F)c1. The Balaban J connectivity index is 2.09. The molecule has 1 N–H and O–H groups in total. The maximum Gasteiger partial charge on any atom is 0.149 e. The van der Waals surface area contributed by atoms with Gasteiger partial charge in [0.25, 0.3) is 0 Å². The fourth-order valence-electron chi connectivity index (χ4n) is 3.04. The first-order valence-electron chi connectivity index (χ1n) is 7.90. The molecule has 0 aromatic heterocycles. The molecule has 0 radical (unpaired) electrons. The van der Waals surface area contributed by atoms with E-state index < -0.39 is 11.6 Å². The summed E-state index contributed by atoms with van der Waals surface area (Å²) in [7, 11) is 1.80. The number of halogens is 2. The van der Waals surface area contributed by atoms with Crippen LogP contribution in [0.1, 0.15) is 45.1 Å². The third-order valence-corrected chi connectivity index (χ3v) is 4.18. The van der Waals surface area contributed by atoms with E-state index in [4.69, 9.17) is 0 Å². The molecule has 0 unspecified atom stereocenters. The van der Waals surface area contributed by atoms with Gasteiger partial charge in [-0.3, -0.25) is 0 Å². The molecule has 0 bridgehead atoms. The van der Waals surface area contributed by atoms with Crippen molar-refractivity contribution in [1.29, 1.82) is 0 Å². The van der Waals surface area contributed by atoms with Crippen LogP contribution in [-0.4, -0.2) is 19.6 Å². The van der Waals surface area contributed by atoms with Crippen LogP contribution in [0.3, 0.4) is 0 Å². The molecule has 1 aliphatic rings. The summed E-state index contributed by atoms with van der Waals surface area (Å²) in [5, 5.41) is 3.21. The molecule has 21 heavy (non-hydrogen) atoms. The Morgan fingerprint density at radius 3 is 2.29 bits per heavy atom. The first-order valence-corrected chi connectivity index (χ1v) is 7.90. The average molecular weight is 296 g/mol. The van der Waals surface area contributed by atoms with Gasteiger partial charge in [0.2, 0.25) is 0 Å². The molecule has 0 heterocycles. The van der Waals surface area contributed by atoms with Crippen LogP contribution < -0.4 is 10.2 Å². The van der Waals surface area contributed by atoms with Gasteiger partial charge in [0.1, 0.15) is 17.3 Å². The maximum atomic E-state index is 14.3. The smallest absolute Gasteiger partial charge is 0.149 e. The van der Waals surface area contributed by atoms with E-state index in [2.05, 4.69) is 19.2 Å². The van der Waals surface area contributed by atoms with Gasteiger partial charge in [-0.1, -0.05) is 26.7 Å². The first-order chi connectivity index (χ1) is 9.99. The lowest BCUT2D eigenvalue weighted by atomic mass is 10.1. The molecule has 0 spiro atoms. The van der Waals surface area contributed by atoms with Crippen molar-refractivity contribution in [3.63, 3.8) is 0 Å². The van der Waals surface area contributed by atoms with Gasteiger partial charge in [0.05, 0.1) is 0 Å². The van der Waals surface area contributed by atoms with E-state index in [1.54, 1.807) is 11.9 Å². The van der Waals surface area contributed by atoms with E-state index in [1.807, 2.05) is 0 Å². The summed E-state index contributed by atoms with van der Waals surface area (Å²) in [6.07, 6.45) is 4.34. The molecular weight excluding hydrogens is 270 g/mol. The number of hydrogen-bond acceptors (Lipinski definition) is 2. The molecule has 2 rings (SSSR count). The minimum Gasteiger partial charge on any atom is -0.367 e. The molecule has 1 saturated carbocycles. The molecule has 2 nitrogen and oxygen atoms in total. The Hall–Kier alpha value is -1.16. The monoisotopic (exact) mass is 296 g/mol. The van der Waals surface area contributed by atoms with Crippen LogP contribution in [0.4, 0.5) is 14.5 Å². The highest BCUT2D eigenvalue weighted by atomic mass is 19.1. The van der Waals surface area contributed by atoms with E-state index >= 15 is 0 Å². The van der Waals surface area contributed by atoms with Crippen molar-refractivity contribution >= 4 is 5.69 Å². The van der Waals surface area contributed by atoms with Crippen molar-refractivity contribution < 1.29 is 8.78 Å². The summed E-state index contributed by atoms with van der Waals surface area (Å²) >= 11 is 0. The van der Waals surface area contributed by atoms with Crippen LogP contribution >= 0.6 is 0 Å². The Labute approximate surface area is 126 Å². The van der Waals surface area contributed by atoms with Crippen molar-refractivity contribution in [2.24, 2.45) is 5.92 Å². The summed E-state index contributed by atoms with van der Waals surface area (Å²) in [6.45, 7) is 5.55. The maximum absolute atomic E-state index is 14.3. The highest BCUT2D eigenvalue weighted by Gasteiger charge is 2.24. The summed E-state index contributed by atoms with van der Waals surface area (Å²) in [5.74, 6) is -0.385. The molecule has 0 amide bonds. The lowest BCUT2D eigenvalue weighted by Gasteiger charge is -2.27. The number of benzene rings is 1. The Morgan fingerprint density at radius 2 is 1.76 bits per heavy atom. The summed E-state index contributed by atoms with van der Waals surface area (Å²) in [5.41, 5.74) is 0.781. The number of rotatable bonds is 6. The van der Waals surface area contributed by atoms with E-state index in [0.717, 1.165) is 32.2 Å². The molecular formula is C17H26F2N2. The number of anilines is 1. The van der Waals surface area contributed by atoms with Gasteiger partial charge in [0.15, 0.2) is 0 Å². The van der Waals surface area contributed by atoms with Gasteiger partial charge in [-0.25, -0.2) is 8.78 Å². The van der Waals surface area contributed by atoms with Crippen molar-refractivity contribution in [3.05, 3.63) is 29.3 Å². The molecule has 1 aromatic carbocycles. The van der Waals surface area contributed by atoms with E-state index in [-0.39, 0.29) is 11.7 Å². The van der Waals surface area contributed by atoms with Gasteiger partial charge >= 0.3 is 0 Å². The number of hydrogen-bond donors (Lipinski definition) is 1. The summed E-state index contributed by atoms with van der Waals surface area (Å²) in [4.78, 5) is 1.78. The van der Waals surface area contributed by atoms with Gasteiger partial charge < -0.3 is 10.2 Å². The quantitative estimate of drug-likeness (QED) is 0.850. The second-order valence-corrected chi connectivity index (χ2v) is 6.48. The third kappa shape index (κ3) is 4.16. The van der Waals surface area contributed by atoms with E-state index in [0.29, 0.717) is 18.0 Å². The van der Waals surface area contributed by atoms with Crippen LogP contribution in [0.25, 0.3) is 0 Å². The Bertz CT molecular complexity index is 445. The van der Waals surface area contributed by atoms with Gasteiger partial charge in [-0.15, -0.1) is 0 Å². The lowest BCUT2D eigenvalue weighted by Crippen LogP contribution is -2.30. The zero-order valence-electron chi connectivity index (χ0n) is 13.3. The second kappa shape index (κ2) is 7.21. The second-order valence-electron chi connectivity index (χ2n) is 6.48. The highest BCUT2D eigenvalue weighted by molar-refractivity contribution is 5.51. The molecule has 0 atom stereocenters. The standard InChI is InChI=1S/C17H26F2N2/c1-12(2)10-20-11-13-8-15(18)17(16(19)9-13)21(3)14-6-4-5-7-14/h8-9,12,14,20H,4-7,10-11H2,1-3H3. The minimum absolute atomic E-state index is 0.120. The first kappa shape index (κ1) is 16.2. The zero-order chi connectivity index (χ0) is 15.4. The van der Waals surface area contributed by atoms with Crippen molar-refractivity contribution in [2.45, 2.75) is 52.1 Å². The topological polar surface area (TPSA) is 15.3 Å². The largest absolute Gasteiger partial charge is 0.367 e. The zero-order valence-corrected chi connectivity index (χ0v) is 13.3. The lowest BCUT2D eigenvalue weighted by molar-refractivity contribution is 0.536. The molecule has 118 valence electrons. The Morgan fingerprint density at radius 1 is 1.19 bits per heavy atom. The summed E-state index contributed by atoms with van der Waals surface area (Å²) < 4.78 is 28.6. The van der Waals surface area contributed by atoms with Crippen LogP contribution in [0.5, 0.6) is 0 Å². The van der Waals surface area contributed by atoms with Gasteiger partial charge in [0, 0.05) is 19.6 Å². The molecule has 1 aliphatic carbocycles. The highest BCUT2D eigenvalue weighted by Crippen LogP contribution is 2.31. The fraction of sp³-hybridized carbons (Fsp3) is 0.647. The van der Waals surface area contributed by atoms with Crippen molar-refractivity contribution in [2.75, 3.05) is 18.5 Å². The van der Waals surface area contributed by atoms with Gasteiger partial charge in [-0.05, 0) is 43.0 Å². The molecule has 0 aliphatic heterocycles. The molecule has 1 fully saturated rings. The van der Waals surface area contributed by atoms with Gasteiger partial charge in [-0.2, -0.15) is 0 Å². The Kier molecular flexibility index (Phi) is 5.57. The fourth-order valence-corrected chi connectivity index (χ4v) is 3.04. The van der Waals surface area contributed by atoms with Crippen LogP contribution in [0.2, 0.25) is 0 Å². The normalized spacial score (nSPS) is 15.9. The van der Waals surface area contributed by atoms with E-state index in [1.165, 1.54) is 12.1 Å². The average Bonchev–Trinajstić information content (AvgIpc) is 2.91. The number of nitrogens with zero attached hydrogens (tertiary/aromatic N) is 1. The van der Waals surface area contributed by atoms with Crippen LogP contribution in [0, 0.1) is 17.6 Å². The van der Waals surface area contributed by atoms with Crippen molar-refractivity contribution in [1.82, 2.24) is 5.32 Å². The molecule has 0 saturated heterocycles. The predicted octanol–water partition coefficient (Wildman–Crippen LogP) is 4.09. The number of nitrogens with one attached hydrogen (secondary N) is 1. The predicted molar refractivity (Wildman–Crippen MR) is 83.6 cm³/mol.